The first-order chi connectivity index (χ1) is 10.1. The SMILES string of the molecule is Cn1ncc(Cl)c1-c1nnc2sc(-c3ccc(Br)s3)nn12. The summed E-state index contributed by atoms with van der Waals surface area (Å²) in [5, 5.41) is 18.5. The molecule has 21 heavy (non-hydrogen) atoms. The predicted octanol–water partition coefficient (Wildman–Crippen LogP) is 3.73. The Labute approximate surface area is 140 Å². The molecule has 10 heteroatoms. The second kappa shape index (κ2) is 4.87. The Morgan fingerprint density at radius 2 is 2.10 bits per heavy atom. The van der Waals surface area contributed by atoms with Gasteiger partial charge in [-0.15, -0.1) is 21.5 Å². The van der Waals surface area contributed by atoms with Gasteiger partial charge in [0.15, 0.2) is 5.01 Å². The van der Waals surface area contributed by atoms with Crippen LogP contribution in [0.2, 0.25) is 5.02 Å². The lowest BCUT2D eigenvalue weighted by molar-refractivity contribution is 0.764. The Morgan fingerprint density at radius 1 is 1.24 bits per heavy atom. The fraction of sp³-hybridized carbons (Fsp3) is 0.0909. The second-order valence-corrected chi connectivity index (χ2v) is 8.02. The van der Waals surface area contributed by atoms with Gasteiger partial charge in [-0.2, -0.15) is 14.7 Å². The van der Waals surface area contributed by atoms with Gasteiger partial charge in [0.05, 0.1) is 19.9 Å². The first-order valence-electron chi connectivity index (χ1n) is 5.79. The Balaban J connectivity index is 1.91. The van der Waals surface area contributed by atoms with Crippen molar-refractivity contribution in [1.82, 2.24) is 29.6 Å². The van der Waals surface area contributed by atoms with Crippen molar-refractivity contribution in [2.24, 2.45) is 7.05 Å². The van der Waals surface area contributed by atoms with Crippen molar-refractivity contribution in [2.75, 3.05) is 0 Å². The number of halogens is 2. The normalized spacial score (nSPS) is 11.6. The number of fused-ring (bicyclic) bond motifs is 1. The van der Waals surface area contributed by atoms with E-state index in [4.69, 9.17) is 11.6 Å². The number of thiophene rings is 1. The van der Waals surface area contributed by atoms with E-state index >= 15 is 0 Å². The molecule has 0 aliphatic heterocycles. The predicted molar refractivity (Wildman–Crippen MR) is 86.9 cm³/mol. The van der Waals surface area contributed by atoms with Crippen LogP contribution in [-0.2, 0) is 7.05 Å². The highest BCUT2D eigenvalue weighted by Gasteiger charge is 2.20. The van der Waals surface area contributed by atoms with Gasteiger partial charge in [0, 0.05) is 7.05 Å². The van der Waals surface area contributed by atoms with E-state index < -0.39 is 0 Å². The largest absolute Gasteiger partial charge is 0.263 e. The van der Waals surface area contributed by atoms with Crippen molar-refractivity contribution in [2.45, 2.75) is 0 Å². The maximum Gasteiger partial charge on any atom is 0.235 e. The molecule has 4 heterocycles. The van der Waals surface area contributed by atoms with Crippen LogP contribution in [0, 0.1) is 0 Å². The molecule has 4 rings (SSSR count). The van der Waals surface area contributed by atoms with Gasteiger partial charge >= 0.3 is 0 Å². The Morgan fingerprint density at radius 3 is 2.76 bits per heavy atom. The number of rotatable bonds is 2. The molecule has 0 bridgehead atoms. The molecule has 0 saturated carbocycles. The third kappa shape index (κ3) is 2.11. The van der Waals surface area contributed by atoms with Crippen LogP contribution in [0.5, 0.6) is 0 Å². The quantitative estimate of drug-likeness (QED) is 0.513. The molecule has 106 valence electrons. The van der Waals surface area contributed by atoms with Crippen molar-refractivity contribution in [3.05, 3.63) is 27.1 Å². The molecule has 0 aliphatic carbocycles. The molecule has 0 unspecified atom stereocenters. The zero-order chi connectivity index (χ0) is 14.6. The van der Waals surface area contributed by atoms with Crippen molar-refractivity contribution < 1.29 is 0 Å². The van der Waals surface area contributed by atoms with Crippen LogP contribution in [0.1, 0.15) is 0 Å². The van der Waals surface area contributed by atoms with Gasteiger partial charge < -0.3 is 0 Å². The molecule has 0 spiro atoms. The molecule has 0 aliphatic rings. The third-order valence-electron chi connectivity index (χ3n) is 2.88. The first-order valence-corrected chi connectivity index (χ1v) is 8.59. The highest BCUT2D eigenvalue weighted by atomic mass is 79.9. The average molecular weight is 402 g/mol. The average Bonchev–Trinajstić information content (AvgIpc) is 3.16. The number of hydrogen-bond acceptors (Lipinski definition) is 6. The molecule has 0 amide bonds. The molecule has 0 N–H and O–H groups in total. The summed E-state index contributed by atoms with van der Waals surface area (Å²) in [7, 11) is 1.81. The number of nitrogens with zero attached hydrogens (tertiary/aromatic N) is 6. The molecule has 0 saturated heterocycles. The molecule has 0 fully saturated rings. The monoisotopic (exact) mass is 400 g/mol. The lowest BCUT2D eigenvalue weighted by Gasteiger charge is -1.98. The van der Waals surface area contributed by atoms with Gasteiger partial charge in [-0.3, -0.25) is 4.68 Å². The molecule has 0 radical (unpaired) electrons. The van der Waals surface area contributed by atoms with Crippen LogP contribution in [0.15, 0.2) is 22.1 Å². The van der Waals surface area contributed by atoms with Gasteiger partial charge in [-0.1, -0.05) is 22.9 Å². The zero-order valence-corrected chi connectivity index (χ0v) is 14.5. The molecular formula is C11H6BrClN6S2. The number of aromatic nitrogens is 6. The van der Waals surface area contributed by atoms with Gasteiger partial charge in [0.25, 0.3) is 0 Å². The Hall–Kier alpha value is -1.29. The highest BCUT2D eigenvalue weighted by molar-refractivity contribution is 9.11. The summed E-state index contributed by atoms with van der Waals surface area (Å²) in [6.07, 6.45) is 1.58. The summed E-state index contributed by atoms with van der Waals surface area (Å²) < 4.78 is 4.44. The second-order valence-electron chi connectivity index (χ2n) is 4.19. The van der Waals surface area contributed by atoms with E-state index in [2.05, 4.69) is 36.3 Å². The van der Waals surface area contributed by atoms with E-state index in [0.717, 1.165) is 18.6 Å². The van der Waals surface area contributed by atoms with E-state index in [1.807, 2.05) is 19.2 Å². The number of aryl methyl sites for hydroxylation is 1. The standard InChI is InChI=1S/C11H6BrClN6S2/c1-18-8(5(13)4-14-18)9-15-16-11-19(9)17-10(21-11)6-2-3-7(12)20-6/h2-4H,1H3. The fourth-order valence-electron chi connectivity index (χ4n) is 1.96. The van der Waals surface area contributed by atoms with Crippen LogP contribution >= 0.6 is 50.2 Å². The van der Waals surface area contributed by atoms with E-state index in [1.54, 1.807) is 26.7 Å². The minimum Gasteiger partial charge on any atom is -0.263 e. The fourth-order valence-corrected chi connectivity index (χ4v) is 4.48. The summed E-state index contributed by atoms with van der Waals surface area (Å²) >= 11 is 12.7. The molecule has 0 aromatic carbocycles. The Kier molecular flexibility index (Phi) is 3.10. The lowest BCUT2D eigenvalue weighted by Crippen LogP contribution is -1.98. The molecule has 4 aromatic rings. The summed E-state index contributed by atoms with van der Waals surface area (Å²) in [5.74, 6) is 0.591. The van der Waals surface area contributed by atoms with Gasteiger partial charge in [-0.25, -0.2) is 0 Å². The van der Waals surface area contributed by atoms with Crippen molar-refractivity contribution in [3.8, 4) is 21.4 Å². The third-order valence-corrected chi connectivity index (χ3v) is 5.85. The van der Waals surface area contributed by atoms with Crippen LogP contribution in [0.4, 0.5) is 0 Å². The number of hydrogen-bond donors (Lipinski definition) is 0. The molecule has 4 aromatic heterocycles. The van der Waals surface area contributed by atoms with Crippen LogP contribution in [0.3, 0.4) is 0 Å². The molecule has 0 atom stereocenters. The summed E-state index contributed by atoms with van der Waals surface area (Å²) in [6, 6.07) is 4.03. The minimum absolute atomic E-state index is 0.528. The Bertz CT molecular complexity index is 932. The summed E-state index contributed by atoms with van der Waals surface area (Å²) in [5.41, 5.74) is 0.702. The molecule has 6 nitrogen and oxygen atoms in total. The van der Waals surface area contributed by atoms with Crippen LogP contribution < -0.4 is 0 Å². The topological polar surface area (TPSA) is 60.9 Å². The van der Waals surface area contributed by atoms with Gasteiger partial charge in [0.2, 0.25) is 10.8 Å². The van der Waals surface area contributed by atoms with E-state index in [9.17, 15) is 0 Å². The van der Waals surface area contributed by atoms with E-state index in [1.165, 1.54) is 11.3 Å². The zero-order valence-electron chi connectivity index (χ0n) is 10.5. The lowest BCUT2D eigenvalue weighted by atomic mass is 10.4. The van der Waals surface area contributed by atoms with E-state index in [-0.39, 0.29) is 0 Å². The smallest absolute Gasteiger partial charge is 0.235 e. The maximum absolute atomic E-state index is 6.17. The minimum atomic E-state index is 0.528. The van der Waals surface area contributed by atoms with Crippen molar-refractivity contribution in [3.63, 3.8) is 0 Å². The van der Waals surface area contributed by atoms with Gasteiger partial charge in [0.1, 0.15) is 5.69 Å². The van der Waals surface area contributed by atoms with Crippen LogP contribution in [0.25, 0.3) is 26.4 Å². The molecular weight excluding hydrogens is 396 g/mol. The highest BCUT2D eigenvalue weighted by Crippen LogP contribution is 2.35. The van der Waals surface area contributed by atoms with E-state index in [0.29, 0.717) is 16.5 Å². The first kappa shape index (κ1) is 13.4. The summed E-state index contributed by atoms with van der Waals surface area (Å²) in [4.78, 5) is 1.81. The van der Waals surface area contributed by atoms with Crippen molar-refractivity contribution in [1.29, 1.82) is 0 Å². The van der Waals surface area contributed by atoms with Crippen LogP contribution in [-0.4, -0.2) is 29.6 Å². The van der Waals surface area contributed by atoms with Gasteiger partial charge in [-0.05, 0) is 28.1 Å². The summed E-state index contributed by atoms with van der Waals surface area (Å²) in [6.45, 7) is 0. The van der Waals surface area contributed by atoms with Crippen molar-refractivity contribution >= 4 is 55.2 Å². The maximum atomic E-state index is 6.17.